The quantitative estimate of drug-likeness (QED) is 0.828. The van der Waals surface area contributed by atoms with E-state index in [2.05, 4.69) is 0 Å². The highest BCUT2D eigenvalue weighted by atomic mass is 16.5. The third kappa shape index (κ3) is 4.63. The van der Waals surface area contributed by atoms with Gasteiger partial charge >= 0.3 is 5.97 Å². The molecular formula is C18H25NO5. The summed E-state index contributed by atoms with van der Waals surface area (Å²) in [6.07, 6.45) is 2.66. The Morgan fingerprint density at radius 1 is 1.21 bits per heavy atom. The Kier molecular flexibility index (Phi) is 6.46. The highest BCUT2D eigenvalue weighted by molar-refractivity contribution is 5.80. The average molecular weight is 335 g/mol. The summed E-state index contributed by atoms with van der Waals surface area (Å²) >= 11 is 0. The number of hydrogen-bond donors (Lipinski definition) is 1. The summed E-state index contributed by atoms with van der Waals surface area (Å²) < 4.78 is 10.9. The van der Waals surface area contributed by atoms with Crippen LogP contribution in [-0.4, -0.2) is 49.2 Å². The second kappa shape index (κ2) is 8.57. The van der Waals surface area contributed by atoms with Gasteiger partial charge in [0.15, 0.2) is 11.5 Å². The van der Waals surface area contributed by atoms with E-state index in [1.165, 1.54) is 0 Å². The maximum atomic E-state index is 12.5. The molecule has 132 valence electrons. The van der Waals surface area contributed by atoms with Gasteiger partial charge in [0, 0.05) is 13.0 Å². The molecule has 0 radical (unpaired) electrons. The molecule has 0 spiro atoms. The van der Waals surface area contributed by atoms with Crippen molar-refractivity contribution in [2.45, 2.75) is 25.7 Å². The first kappa shape index (κ1) is 18.1. The van der Waals surface area contributed by atoms with Gasteiger partial charge in [0.25, 0.3) is 0 Å². The lowest BCUT2D eigenvalue weighted by Gasteiger charge is -2.29. The van der Waals surface area contributed by atoms with Gasteiger partial charge in [-0.05, 0) is 31.4 Å². The number of aliphatic carboxylic acids is 1. The zero-order valence-corrected chi connectivity index (χ0v) is 14.2. The van der Waals surface area contributed by atoms with E-state index in [9.17, 15) is 9.59 Å². The Labute approximate surface area is 142 Å². The first-order valence-electron chi connectivity index (χ1n) is 8.26. The fourth-order valence-corrected chi connectivity index (χ4v) is 3.09. The Bertz CT molecular complexity index is 574. The Hall–Kier alpha value is -2.24. The van der Waals surface area contributed by atoms with Gasteiger partial charge in [-0.2, -0.15) is 0 Å². The van der Waals surface area contributed by atoms with E-state index in [0.29, 0.717) is 37.5 Å². The van der Waals surface area contributed by atoms with Gasteiger partial charge in [-0.3, -0.25) is 9.59 Å². The van der Waals surface area contributed by atoms with Crippen LogP contribution in [0.5, 0.6) is 11.5 Å². The molecule has 0 aliphatic heterocycles. The molecule has 1 aliphatic rings. The van der Waals surface area contributed by atoms with E-state index in [1.54, 1.807) is 19.1 Å². The van der Waals surface area contributed by atoms with Crippen LogP contribution in [0.4, 0.5) is 0 Å². The fourth-order valence-electron chi connectivity index (χ4n) is 3.09. The van der Waals surface area contributed by atoms with Crippen molar-refractivity contribution in [3.8, 4) is 11.5 Å². The summed E-state index contributed by atoms with van der Waals surface area (Å²) in [7, 11) is 3.32. The number of carbonyl (C=O) groups is 2. The van der Waals surface area contributed by atoms with Crippen molar-refractivity contribution in [2.24, 2.45) is 11.8 Å². The van der Waals surface area contributed by atoms with Gasteiger partial charge in [-0.1, -0.05) is 18.6 Å². The van der Waals surface area contributed by atoms with Crippen LogP contribution in [0.15, 0.2) is 24.3 Å². The molecule has 6 heteroatoms. The highest BCUT2D eigenvalue weighted by Crippen LogP contribution is 2.30. The molecule has 2 atom stereocenters. The number of para-hydroxylation sites is 2. The Balaban J connectivity index is 1.82. The largest absolute Gasteiger partial charge is 0.493 e. The van der Waals surface area contributed by atoms with Crippen molar-refractivity contribution in [3.63, 3.8) is 0 Å². The summed E-state index contributed by atoms with van der Waals surface area (Å²) in [6, 6.07) is 7.36. The Morgan fingerprint density at radius 2 is 1.88 bits per heavy atom. The molecule has 1 saturated carbocycles. The highest BCUT2D eigenvalue weighted by Gasteiger charge is 2.32. The molecule has 2 unspecified atom stereocenters. The zero-order chi connectivity index (χ0) is 17.5. The van der Waals surface area contributed by atoms with Crippen LogP contribution in [0.3, 0.4) is 0 Å². The molecule has 24 heavy (non-hydrogen) atoms. The van der Waals surface area contributed by atoms with Crippen molar-refractivity contribution < 1.29 is 24.2 Å². The number of carboxylic acid groups (broad SMARTS) is 1. The number of hydrogen-bond acceptors (Lipinski definition) is 4. The van der Waals surface area contributed by atoms with Crippen LogP contribution >= 0.6 is 0 Å². The zero-order valence-electron chi connectivity index (χ0n) is 14.2. The molecule has 1 aromatic rings. The standard InChI is InChI=1S/C18H25NO5/c1-19(10-11-24-16-9-4-3-8-15(16)23-2)17(20)13-6-5-7-14(12-13)18(21)22/h3-4,8-9,13-14H,5-7,10-12H2,1-2H3,(H,21,22). The van der Waals surface area contributed by atoms with Crippen molar-refractivity contribution >= 4 is 11.9 Å². The maximum absolute atomic E-state index is 12.5. The molecule has 1 aliphatic carbocycles. The molecule has 1 amide bonds. The topological polar surface area (TPSA) is 76.1 Å². The number of likely N-dealkylation sites (N-methyl/N-ethyl adjacent to an activating group) is 1. The predicted octanol–water partition coefficient (Wildman–Crippen LogP) is 2.42. The third-order valence-corrected chi connectivity index (χ3v) is 4.50. The summed E-state index contributed by atoms with van der Waals surface area (Å²) in [5, 5.41) is 9.14. The van der Waals surface area contributed by atoms with Crippen LogP contribution in [0.1, 0.15) is 25.7 Å². The van der Waals surface area contributed by atoms with Gasteiger partial charge in [0.2, 0.25) is 5.91 Å². The van der Waals surface area contributed by atoms with Crippen molar-refractivity contribution in [1.29, 1.82) is 0 Å². The van der Waals surface area contributed by atoms with E-state index < -0.39 is 11.9 Å². The normalized spacial score (nSPS) is 20.2. The van der Waals surface area contributed by atoms with Crippen molar-refractivity contribution in [2.75, 3.05) is 27.3 Å². The van der Waals surface area contributed by atoms with E-state index in [-0.39, 0.29) is 11.8 Å². The molecular weight excluding hydrogens is 310 g/mol. The lowest BCUT2D eigenvalue weighted by molar-refractivity contribution is -0.145. The van der Waals surface area contributed by atoms with Crippen LogP contribution in [0, 0.1) is 11.8 Å². The smallest absolute Gasteiger partial charge is 0.306 e. The monoisotopic (exact) mass is 335 g/mol. The molecule has 0 heterocycles. The fraction of sp³-hybridized carbons (Fsp3) is 0.556. The number of amides is 1. The lowest BCUT2D eigenvalue weighted by atomic mass is 9.81. The number of nitrogens with zero attached hydrogens (tertiary/aromatic N) is 1. The first-order chi connectivity index (χ1) is 11.5. The number of benzene rings is 1. The first-order valence-corrected chi connectivity index (χ1v) is 8.26. The Morgan fingerprint density at radius 3 is 2.54 bits per heavy atom. The van der Waals surface area contributed by atoms with Crippen molar-refractivity contribution in [1.82, 2.24) is 4.90 Å². The molecule has 6 nitrogen and oxygen atoms in total. The third-order valence-electron chi connectivity index (χ3n) is 4.50. The number of carbonyl (C=O) groups excluding carboxylic acids is 1. The summed E-state index contributed by atoms with van der Waals surface area (Å²) in [5.74, 6) is -0.0891. The van der Waals surface area contributed by atoms with E-state index >= 15 is 0 Å². The molecule has 0 bridgehead atoms. The second-order valence-electron chi connectivity index (χ2n) is 6.16. The SMILES string of the molecule is COc1ccccc1OCCN(C)C(=O)C1CCCC(C(=O)O)C1. The summed E-state index contributed by atoms with van der Waals surface area (Å²) in [5.41, 5.74) is 0. The van der Waals surface area contributed by atoms with Crippen molar-refractivity contribution in [3.05, 3.63) is 24.3 Å². The second-order valence-corrected chi connectivity index (χ2v) is 6.16. The van der Waals surface area contributed by atoms with Crippen LogP contribution < -0.4 is 9.47 Å². The number of carboxylic acids is 1. The molecule has 1 fully saturated rings. The minimum atomic E-state index is -0.797. The van der Waals surface area contributed by atoms with Gasteiger partial charge in [0.1, 0.15) is 6.61 Å². The van der Waals surface area contributed by atoms with E-state index in [1.807, 2.05) is 24.3 Å². The number of methoxy groups -OCH3 is 1. The minimum absolute atomic E-state index is 0.00424. The van der Waals surface area contributed by atoms with E-state index in [4.69, 9.17) is 14.6 Å². The minimum Gasteiger partial charge on any atom is -0.493 e. The molecule has 2 rings (SSSR count). The maximum Gasteiger partial charge on any atom is 0.306 e. The van der Waals surface area contributed by atoms with Crippen LogP contribution in [-0.2, 0) is 9.59 Å². The molecule has 1 N–H and O–H groups in total. The summed E-state index contributed by atoms with van der Waals surface area (Å²) in [4.78, 5) is 25.2. The van der Waals surface area contributed by atoms with Gasteiger partial charge in [-0.15, -0.1) is 0 Å². The van der Waals surface area contributed by atoms with Gasteiger partial charge in [-0.25, -0.2) is 0 Å². The summed E-state index contributed by atoms with van der Waals surface area (Å²) in [6.45, 7) is 0.808. The molecule has 0 aromatic heterocycles. The molecule has 0 saturated heterocycles. The number of rotatable bonds is 7. The van der Waals surface area contributed by atoms with Gasteiger partial charge in [0.05, 0.1) is 19.6 Å². The lowest BCUT2D eigenvalue weighted by Crippen LogP contribution is -2.38. The van der Waals surface area contributed by atoms with Crippen LogP contribution in [0.2, 0.25) is 0 Å². The van der Waals surface area contributed by atoms with E-state index in [0.717, 1.165) is 12.8 Å². The van der Waals surface area contributed by atoms with Gasteiger partial charge < -0.3 is 19.5 Å². The number of ether oxygens (including phenoxy) is 2. The molecule has 1 aromatic carbocycles. The predicted molar refractivity (Wildman–Crippen MR) is 89.2 cm³/mol. The van der Waals surface area contributed by atoms with Crippen LogP contribution in [0.25, 0.3) is 0 Å². The average Bonchev–Trinajstić information content (AvgIpc) is 2.61.